The van der Waals surface area contributed by atoms with Crippen LogP contribution in [-0.4, -0.2) is 25.7 Å². The number of nitrogens with zero attached hydrogens (tertiary/aromatic N) is 3. The highest BCUT2D eigenvalue weighted by Crippen LogP contribution is 2.27. The highest BCUT2D eigenvalue weighted by atomic mass is 35.5. The molecule has 0 bridgehead atoms. The van der Waals surface area contributed by atoms with Crippen molar-refractivity contribution in [3.63, 3.8) is 0 Å². The number of alkyl halides is 1. The van der Waals surface area contributed by atoms with Gasteiger partial charge < -0.3 is 0 Å². The Hall–Kier alpha value is -0.740. The lowest BCUT2D eigenvalue weighted by Gasteiger charge is -2.06. The molecule has 0 aromatic carbocycles. The van der Waals surface area contributed by atoms with Crippen LogP contribution in [0.5, 0.6) is 0 Å². The maximum atomic E-state index is 5.84. The van der Waals surface area contributed by atoms with Gasteiger partial charge in [0.05, 0.1) is 11.2 Å². The number of rotatable bonds is 4. The Kier molecular flexibility index (Phi) is 3.94. The summed E-state index contributed by atoms with van der Waals surface area (Å²) in [6, 6.07) is 2.11. The topological polar surface area (TPSA) is 30.2 Å². The molecule has 92 valence electrons. The van der Waals surface area contributed by atoms with Crippen LogP contribution >= 0.6 is 23.4 Å². The maximum Gasteiger partial charge on any atom is 0.122 e. The first-order valence-corrected chi connectivity index (χ1v) is 7.10. The van der Waals surface area contributed by atoms with Gasteiger partial charge in [0.15, 0.2) is 0 Å². The first-order valence-electron chi connectivity index (χ1n) is 5.68. The molecule has 1 atom stereocenters. The molecule has 5 heteroatoms. The summed E-state index contributed by atoms with van der Waals surface area (Å²) < 4.78 is 1.89. The Labute approximate surface area is 111 Å². The Bertz CT molecular complexity index is 509. The molecule has 2 rings (SSSR count). The summed E-state index contributed by atoms with van der Waals surface area (Å²) in [4.78, 5) is 4.41. The van der Waals surface area contributed by atoms with Gasteiger partial charge in [-0.15, -0.1) is 11.6 Å². The van der Waals surface area contributed by atoms with E-state index < -0.39 is 0 Å². The van der Waals surface area contributed by atoms with E-state index in [1.807, 2.05) is 10.7 Å². The fraction of sp³-hybridized carbons (Fsp3) is 0.500. The molecule has 0 saturated carbocycles. The molecular formula is C12H16ClN3S. The molecule has 0 amide bonds. The first kappa shape index (κ1) is 12.7. The van der Waals surface area contributed by atoms with E-state index in [4.69, 9.17) is 11.6 Å². The van der Waals surface area contributed by atoms with E-state index >= 15 is 0 Å². The van der Waals surface area contributed by atoms with Gasteiger partial charge in [-0.1, -0.05) is 32.5 Å². The van der Waals surface area contributed by atoms with E-state index in [0.29, 0.717) is 17.0 Å². The minimum atomic E-state index is 0.354. The average Bonchev–Trinajstić information content (AvgIpc) is 2.74. The Morgan fingerprint density at radius 1 is 1.41 bits per heavy atom. The van der Waals surface area contributed by atoms with Crippen molar-refractivity contribution >= 4 is 28.9 Å². The van der Waals surface area contributed by atoms with Crippen LogP contribution in [0.3, 0.4) is 0 Å². The van der Waals surface area contributed by atoms with Gasteiger partial charge in [0.1, 0.15) is 5.03 Å². The normalized spacial score (nSPS) is 13.5. The molecule has 0 aliphatic heterocycles. The van der Waals surface area contributed by atoms with Gasteiger partial charge in [0.25, 0.3) is 0 Å². The molecule has 3 nitrogen and oxygen atoms in total. The number of fused-ring (bicyclic) bond motifs is 1. The number of halogens is 1. The lowest BCUT2D eigenvalue weighted by atomic mass is 10.1. The molecule has 0 N–H and O–H groups in total. The molecule has 2 heterocycles. The molecule has 1 unspecified atom stereocenters. The lowest BCUT2D eigenvalue weighted by molar-refractivity contribution is 0.784. The summed E-state index contributed by atoms with van der Waals surface area (Å²) in [5, 5.41) is 5.89. The van der Waals surface area contributed by atoms with E-state index in [1.54, 1.807) is 18.0 Å². The molecule has 0 fully saturated rings. The largest absolute Gasteiger partial charge is 0.246 e. The fourth-order valence-electron chi connectivity index (χ4n) is 1.51. The van der Waals surface area contributed by atoms with Crippen LogP contribution < -0.4 is 0 Å². The summed E-state index contributed by atoms with van der Waals surface area (Å²) in [5.41, 5.74) is 2.16. The summed E-state index contributed by atoms with van der Waals surface area (Å²) in [7, 11) is 0. The molecule has 2 aromatic rings. The maximum absolute atomic E-state index is 5.84. The molecule has 0 aliphatic rings. The van der Waals surface area contributed by atoms with E-state index in [-0.39, 0.29) is 0 Å². The van der Waals surface area contributed by atoms with Crippen molar-refractivity contribution in [2.75, 3.05) is 5.88 Å². The van der Waals surface area contributed by atoms with Crippen molar-refractivity contribution in [3.8, 4) is 0 Å². The zero-order chi connectivity index (χ0) is 12.4. The summed E-state index contributed by atoms with van der Waals surface area (Å²) in [6.45, 7) is 6.38. The van der Waals surface area contributed by atoms with Crippen molar-refractivity contribution in [1.29, 1.82) is 0 Å². The average molecular weight is 270 g/mol. The Morgan fingerprint density at radius 2 is 2.18 bits per heavy atom. The number of aromatic nitrogens is 3. The Morgan fingerprint density at radius 3 is 2.82 bits per heavy atom. The number of thioether (sulfide) groups is 1. The second kappa shape index (κ2) is 5.27. The van der Waals surface area contributed by atoms with Crippen LogP contribution in [0.4, 0.5) is 0 Å². The summed E-state index contributed by atoms with van der Waals surface area (Å²) in [6.07, 6.45) is 3.67. The van der Waals surface area contributed by atoms with Crippen LogP contribution in [0.15, 0.2) is 23.5 Å². The second-order valence-corrected chi connectivity index (χ2v) is 6.10. The van der Waals surface area contributed by atoms with Crippen LogP contribution in [0, 0.1) is 0 Å². The van der Waals surface area contributed by atoms with E-state index in [9.17, 15) is 0 Å². The van der Waals surface area contributed by atoms with Crippen LogP contribution in [0.2, 0.25) is 0 Å². The molecule has 0 radical (unpaired) electrons. The molecule has 17 heavy (non-hydrogen) atoms. The summed E-state index contributed by atoms with van der Waals surface area (Å²) in [5.74, 6) is 1.05. The van der Waals surface area contributed by atoms with Crippen molar-refractivity contribution in [2.45, 2.75) is 37.0 Å². The highest BCUT2D eigenvalue weighted by Gasteiger charge is 2.12. The number of hydrogen-bond donors (Lipinski definition) is 0. The van der Waals surface area contributed by atoms with E-state index in [2.05, 4.69) is 36.9 Å². The van der Waals surface area contributed by atoms with Crippen molar-refractivity contribution in [1.82, 2.24) is 14.6 Å². The third-order valence-corrected chi connectivity index (χ3v) is 4.25. The zero-order valence-corrected chi connectivity index (χ0v) is 11.8. The quantitative estimate of drug-likeness (QED) is 0.628. The lowest BCUT2D eigenvalue weighted by Crippen LogP contribution is -1.99. The van der Waals surface area contributed by atoms with Crippen molar-refractivity contribution in [2.24, 2.45) is 0 Å². The van der Waals surface area contributed by atoms with Gasteiger partial charge in [0, 0.05) is 23.5 Å². The molecular weight excluding hydrogens is 254 g/mol. The van der Waals surface area contributed by atoms with Crippen molar-refractivity contribution in [3.05, 3.63) is 24.2 Å². The van der Waals surface area contributed by atoms with Gasteiger partial charge in [-0.2, -0.15) is 5.10 Å². The van der Waals surface area contributed by atoms with E-state index in [0.717, 1.165) is 16.2 Å². The van der Waals surface area contributed by atoms with Gasteiger partial charge >= 0.3 is 0 Å². The monoisotopic (exact) mass is 269 g/mol. The third kappa shape index (κ3) is 2.75. The highest BCUT2D eigenvalue weighted by molar-refractivity contribution is 8.00. The van der Waals surface area contributed by atoms with Gasteiger partial charge in [-0.25, -0.2) is 9.50 Å². The minimum Gasteiger partial charge on any atom is -0.246 e. The summed E-state index contributed by atoms with van der Waals surface area (Å²) >= 11 is 7.53. The van der Waals surface area contributed by atoms with E-state index in [1.165, 1.54) is 0 Å². The SMILES string of the molecule is CC(CCl)Sc1nccn2nc(C(C)C)cc12. The van der Waals surface area contributed by atoms with Crippen LogP contribution in [0.25, 0.3) is 5.52 Å². The van der Waals surface area contributed by atoms with Gasteiger partial charge in [0.2, 0.25) is 0 Å². The second-order valence-electron chi connectivity index (χ2n) is 4.37. The third-order valence-electron chi connectivity index (χ3n) is 2.50. The molecule has 0 saturated heterocycles. The molecule has 0 spiro atoms. The molecule has 0 aliphatic carbocycles. The van der Waals surface area contributed by atoms with Crippen LogP contribution in [-0.2, 0) is 0 Å². The predicted molar refractivity (Wildman–Crippen MR) is 73.1 cm³/mol. The number of hydrogen-bond acceptors (Lipinski definition) is 3. The smallest absolute Gasteiger partial charge is 0.122 e. The van der Waals surface area contributed by atoms with Gasteiger partial charge in [-0.3, -0.25) is 0 Å². The van der Waals surface area contributed by atoms with Crippen molar-refractivity contribution < 1.29 is 0 Å². The Balaban J connectivity index is 2.42. The minimum absolute atomic E-state index is 0.354. The predicted octanol–water partition coefficient (Wildman–Crippen LogP) is 3.57. The standard InChI is InChI=1S/C12H16ClN3S/c1-8(2)10-6-11-12(17-9(3)7-13)14-4-5-16(11)15-10/h4-6,8-9H,7H2,1-3H3. The zero-order valence-electron chi connectivity index (χ0n) is 10.2. The van der Waals surface area contributed by atoms with Gasteiger partial charge in [-0.05, 0) is 12.0 Å². The molecule has 2 aromatic heterocycles. The fourth-order valence-corrected chi connectivity index (χ4v) is 2.54. The van der Waals surface area contributed by atoms with Crippen LogP contribution in [0.1, 0.15) is 32.4 Å². The first-order chi connectivity index (χ1) is 8.11.